The van der Waals surface area contributed by atoms with E-state index in [-0.39, 0.29) is 37.2 Å². The van der Waals surface area contributed by atoms with Gasteiger partial charge in [-0.3, -0.25) is 24.4 Å². The quantitative estimate of drug-likeness (QED) is 0.281. The van der Waals surface area contributed by atoms with Gasteiger partial charge in [-0.2, -0.15) is 8.78 Å². The maximum atomic E-state index is 13.6. The molecule has 43 heavy (non-hydrogen) atoms. The lowest BCUT2D eigenvalue weighted by Crippen LogP contribution is -2.52. The molecule has 0 atom stereocenters. The monoisotopic (exact) mass is 600 g/mol. The van der Waals surface area contributed by atoms with E-state index in [0.717, 1.165) is 31.9 Å². The molecule has 1 saturated carbocycles. The van der Waals surface area contributed by atoms with E-state index >= 15 is 0 Å². The molecule has 0 radical (unpaired) electrons. The van der Waals surface area contributed by atoms with E-state index in [1.54, 1.807) is 32.0 Å². The summed E-state index contributed by atoms with van der Waals surface area (Å²) in [7, 11) is 0. The maximum Gasteiger partial charge on any atom is 0.314 e. The van der Waals surface area contributed by atoms with E-state index in [4.69, 9.17) is 4.42 Å². The van der Waals surface area contributed by atoms with Crippen LogP contribution in [-0.4, -0.2) is 74.9 Å². The lowest BCUT2D eigenvalue weighted by Gasteiger charge is -2.43. The number of carbonyl (C=O) groups excluding carboxylic acids is 2. The summed E-state index contributed by atoms with van der Waals surface area (Å²) in [5.74, 6) is -4.21. The molecule has 2 fully saturated rings. The summed E-state index contributed by atoms with van der Waals surface area (Å²) in [4.78, 5) is 37.1. The van der Waals surface area contributed by atoms with Gasteiger partial charge in [0.25, 0.3) is 11.8 Å². The SMILES string of the molecule is CC1(C)C(=O)N(Cc2ccc(-c3nnc(C(F)F)o3)cn2)C(=O)c2ccc(N3CCN(C4CCC(F)(F)CC4)CC3)cc21. The fourth-order valence-corrected chi connectivity index (χ4v) is 6.25. The average molecular weight is 601 g/mol. The number of imide groups is 1. The van der Waals surface area contributed by atoms with Gasteiger partial charge >= 0.3 is 6.43 Å². The van der Waals surface area contributed by atoms with Crippen molar-refractivity contribution in [2.24, 2.45) is 0 Å². The Balaban J connectivity index is 1.14. The van der Waals surface area contributed by atoms with Crippen molar-refractivity contribution < 1.29 is 31.6 Å². The molecule has 228 valence electrons. The summed E-state index contributed by atoms with van der Waals surface area (Å²) >= 11 is 0. The van der Waals surface area contributed by atoms with E-state index in [0.29, 0.717) is 35.2 Å². The zero-order valence-electron chi connectivity index (χ0n) is 23.9. The molecule has 2 aromatic heterocycles. The first kappa shape index (κ1) is 29.2. The zero-order valence-corrected chi connectivity index (χ0v) is 23.9. The van der Waals surface area contributed by atoms with E-state index in [1.165, 1.54) is 11.1 Å². The van der Waals surface area contributed by atoms with E-state index in [9.17, 15) is 27.2 Å². The van der Waals surface area contributed by atoms with Crippen molar-refractivity contribution in [3.05, 3.63) is 59.2 Å². The fraction of sp³-hybridized carbons (Fsp3) is 0.500. The number of carbonyl (C=O) groups is 2. The van der Waals surface area contributed by atoms with Crippen LogP contribution < -0.4 is 4.90 Å². The molecule has 1 aromatic carbocycles. The van der Waals surface area contributed by atoms with Crippen LogP contribution in [0.5, 0.6) is 0 Å². The summed E-state index contributed by atoms with van der Waals surface area (Å²) in [5, 5.41) is 6.91. The van der Waals surface area contributed by atoms with Crippen molar-refractivity contribution in [3.8, 4) is 11.5 Å². The summed E-state index contributed by atoms with van der Waals surface area (Å²) in [6.45, 7) is 6.52. The molecule has 9 nitrogen and oxygen atoms in total. The predicted octanol–water partition coefficient (Wildman–Crippen LogP) is 5.23. The number of amides is 2. The highest BCUT2D eigenvalue weighted by molar-refractivity contribution is 6.13. The second-order valence-corrected chi connectivity index (χ2v) is 11.9. The van der Waals surface area contributed by atoms with Crippen LogP contribution in [0.1, 0.15) is 73.5 Å². The molecule has 0 bridgehead atoms. The van der Waals surface area contributed by atoms with Crippen molar-refractivity contribution >= 4 is 17.5 Å². The number of aromatic nitrogens is 3. The lowest BCUT2D eigenvalue weighted by atomic mass is 9.77. The van der Waals surface area contributed by atoms with Crippen molar-refractivity contribution in [1.29, 1.82) is 0 Å². The molecule has 1 aliphatic carbocycles. The van der Waals surface area contributed by atoms with Crippen LogP contribution in [0.15, 0.2) is 40.9 Å². The topological polar surface area (TPSA) is 95.7 Å². The smallest absolute Gasteiger partial charge is 0.314 e. The Morgan fingerprint density at radius 2 is 1.72 bits per heavy atom. The maximum absolute atomic E-state index is 13.6. The third kappa shape index (κ3) is 5.62. The van der Waals surface area contributed by atoms with Crippen LogP contribution in [0.3, 0.4) is 0 Å². The minimum atomic E-state index is -2.89. The van der Waals surface area contributed by atoms with Gasteiger partial charge in [-0.25, -0.2) is 8.78 Å². The summed E-state index contributed by atoms with van der Waals surface area (Å²) in [6.07, 6.45) is -0.594. The molecule has 2 amide bonds. The van der Waals surface area contributed by atoms with Gasteiger partial charge in [0.1, 0.15) is 0 Å². The Kier molecular flexibility index (Phi) is 7.47. The standard InChI is InChI=1S/C30H32F4N6O3/c1-29(2)23-15-21(39-13-11-38(12-14-39)20-7-9-30(33,34)10-8-20)5-6-22(23)27(41)40(28(29)42)17-19-4-3-18(16-35-19)25-36-37-26(43-25)24(31)32/h3-6,15-16,20,24H,7-14,17H2,1-2H3. The Morgan fingerprint density at radius 3 is 2.35 bits per heavy atom. The highest BCUT2D eigenvalue weighted by atomic mass is 19.3. The summed E-state index contributed by atoms with van der Waals surface area (Å²) in [5.41, 5.74) is 1.79. The third-order valence-electron chi connectivity index (χ3n) is 8.83. The average Bonchev–Trinajstić information content (AvgIpc) is 3.50. The molecule has 0 spiro atoms. The van der Waals surface area contributed by atoms with Gasteiger partial charge in [-0.05, 0) is 62.6 Å². The van der Waals surface area contributed by atoms with E-state index in [1.807, 2.05) is 12.1 Å². The number of benzene rings is 1. The summed E-state index contributed by atoms with van der Waals surface area (Å²) in [6, 6.07) is 8.89. The van der Waals surface area contributed by atoms with Crippen molar-refractivity contribution in [3.63, 3.8) is 0 Å². The molecule has 0 N–H and O–H groups in total. The number of halogens is 4. The van der Waals surface area contributed by atoms with Gasteiger partial charge in [0.15, 0.2) is 0 Å². The second-order valence-electron chi connectivity index (χ2n) is 11.9. The fourth-order valence-electron chi connectivity index (χ4n) is 6.25. The van der Waals surface area contributed by atoms with Crippen molar-refractivity contribution in [2.75, 3.05) is 31.1 Å². The zero-order chi connectivity index (χ0) is 30.5. The van der Waals surface area contributed by atoms with Gasteiger partial charge in [0.2, 0.25) is 17.7 Å². The number of hydrogen-bond acceptors (Lipinski definition) is 8. The Hall–Kier alpha value is -3.87. The molecule has 3 aliphatic rings. The first-order valence-electron chi connectivity index (χ1n) is 14.4. The molecule has 1 saturated heterocycles. The van der Waals surface area contributed by atoms with Crippen LogP contribution in [0.4, 0.5) is 23.2 Å². The van der Waals surface area contributed by atoms with Crippen LogP contribution in [0.25, 0.3) is 11.5 Å². The molecular weight excluding hydrogens is 568 g/mol. The predicted molar refractivity (Wildman–Crippen MR) is 148 cm³/mol. The van der Waals surface area contributed by atoms with Crippen molar-refractivity contribution in [1.82, 2.24) is 25.0 Å². The van der Waals surface area contributed by atoms with Crippen molar-refractivity contribution in [2.45, 2.75) is 69.9 Å². The number of nitrogens with zero attached hydrogens (tertiary/aromatic N) is 6. The minimum Gasteiger partial charge on any atom is -0.415 e. The third-order valence-corrected chi connectivity index (χ3v) is 8.83. The Labute approximate surface area is 245 Å². The van der Waals surface area contributed by atoms with Crippen LogP contribution >= 0.6 is 0 Å². The normalized spacial score (nSPS) is 21.0. The highest BCUT2D eigenvalue weighted by Gasteiger charge is 2.45. The largest absolute Gasteiger partial charge is 0.415 e. The molecule has 3 aromatic rings. The highest BCUT2D eigenvalue weighted by Crippen LogP contribution is 2.39. The first-order valence-corrected chi connectivity index (χ1v) is 14.4. The molecule has 13 heteroatoms. The second kappa shape index (κ2) is 11.0. The Bertz CT molecular complexity index is 1510. The van der Waals surface area contributed by atoms with Gasteiger partial charge in [-0.1, -0.05) is 0 Å². The number of anilines is 1. The number of fused-ring (bicyclic) bond motifs is 1. The molecule has 6 rings (SSSR count). The van der Waals surface area contributed by atoms with Crippen LogP contribution in [-0.2, 0) is 16.8 Å². The van der Waals surface area contributed by atoms with Gasteiger partial charge in [0, 0.05) is 62.5 Å². The number of hydrogen-bond donors (Lipinski definition) is 0. The lowest BCUT2D eigenvalue weighted by molar-refractivity contribution is -0.134. The first-order chi connectivity index (χ1) is 20.4. The summed E-state index contributed by atoms with van der Waals surface area (Å²) < 4.78 is 57.7. The van der Waals surface area contributed by atoms with Gasteiger partial charge in [-0.15, -0.1) is 10.2 Å². The van der Waals surface area contributed by atoms with E-state index in [2.05, 4.69) is 25.0 Å². The van der Waals surface area contributed by atoms with Gasteiger partial charge in [0.05, 0.1) is 23.2 Å². The van der Waals surface area contributed by atoms with Crippen LogP contribution in [0.2, 0.25) is 0 Å². The molecular formula is C30H32F4N6O3. The molecule has 4 heterocycles. The number of piperazine rings is 1. The number of pyridine rings is 1. The number of rotatable bonds is 6. The van der Waals surface area contributed by atoms with E-state index < -0.39 is 29.6 Å². The minimum absolute atomic E-state index is 0.0529. The Morgan fingerprint density at radius 1 is 1.00 bits per heavy atom. The van der Waals surface area contributed by atoms with Crippen LogP contribution in [0, 0.1) is 0 Å². The molecule has 2 aliphatic heterocycles. The number of alkyl halides is 4. The molecule has 0 unspecified atom stereocenters. The van der Waals surface area contributed by atoms with Gasteiger partial charge < -0.3 is 9.32 Å².